The Labute approximate surface area is 98.0 Å². The van der Waals surface area contributed by atoms with Crippen LogP contribution in [0.3, 0.4) is 0 Å². The van der Waals surface area contributed by atoms with Crippen LogP contribution in [0.15, 0.2) is 0 Å². The normalized spacial score (nSPS) is 13.2. The van der Waals surface area contributed by atoms with E-state index in [1.54, 1.807) is 6.92 Å². The molecule has 0 aliphatic rings. The third-order valence-electron chi connectivity index (χ3n) is 2.16. The fourth-order valence-electron chi connectivity index (χ4n) is 1.30. The Morgan fingerprint density at radius 2 is 1.94 bits per heavy atom. The average molecular weight is 232 g/mol. The molecule has 0 fully saturated rings. The lowest BCUT2D eigenvalue weighted by molar-refractivity contribution is -0.145. The summed E-state index contributed by atoms with van der Waals surface area (Å²) in [5.74, 6) is -0.337. The predicted molar refractivity (Wildman–Crippen MR) is 63.3 cm³/mol. The number of hydrogen-bond donors (Lipinski definition) is 1. The van der Waals surface area contributed by atoms with Crippen LogP contribution in [0.4, 0.5) is 0 Å². The average Bonchev–Trinajstić information content (AvgIpc) is 2.14. The van der Waals surface area contributed by atoms with E-state index in [0.717, 1.165) is 13.1 Å². The summed E-state index contributed by atoms with van der Waals surface area (Å²) in [4.78, 5) is 15.2. The molecule has 96 valence electrons. The van der Waals surface area contributed by atoms with Crippen LogP contribution < -0.4 is 0 Å². The topological polar surface area (TPSA) is 53.0 Å². The number of ether oxygens (including phenoxy) is 1. The van der Waals surface area contributed by atoms with Crippen LogP contribution in [-0.2, 0) is 9.53 Å². The van der Waals surface area contributed by atoms with Crippen molar-refractivity contribution in [2.24, 2.45) is 0 Å². The monoisotopic (exact) mass is 232 g/mol. The van der Waals surface area contributed by atoms with Gasteiger partial charge in [-0.15, -0.1) is 0 Å². The van der Waals surface area contributed by atoms with Gasteiger partial charge in [0.15, 0.2) is 0 Å². The highest BCUT2D eigenvalue weighted by atomic mass is 16.5. The molecule has 1 N–H and O–H groups in total. The Hall–Kier alpha value is -0.650. The first-order valence-electron chi connectivity index (χ1n) is 5.62. The maximum atomic E-state index is 11.1. The molecular weight excluding hydrogens is 208 g/mol. The van der Waals surface area contributed by atoms with Crippen LogP contribution in [0.25, 0.3) is 0 Å². The number of carbonyl (C=O) groups excluding carboxylic acids is 1. The van der Waals surface area contributed by atoms with Gasteiger partial charge in [-0.05, 0) is 28.1 Å². The fraction of sp³-hybridized carbons (Fsp3) is 0.909. The number of carbonyl (C=O) groups is 1. The van der Waals surface area contributed by atoms with E-state index < -0.39 is 6.10 Å². The highest BCUT2D eigenvalue weighted by Gasteiger charge is 2.13. The van der Waals surface area contributed by atoms with E-state index in [9.17, 15) is 9.90 Å². The third kappa shape index (κ3) is 8.64. The van der Waals surface area contributed by atoms with Gasteiger partial charge in [0.05, 0.1) is 19.1 Å². The molecular formula is C11H24N2O3. The summed E-state index contributed by atoms with van der Waals surface area (Å²) < 4.78 is 4.77. The van der Waals surface area contributed by atoms with Crippen molar-refractivity contribution in [2.45, 2.75) is 19.4 Å². The molecule has 0 heterocycles. The number of likely N-dealkylation sites (N-methyl/N-ethyl adjacent to an activating group) is 2. The summed E-state index contributed by atoms with van der Waals surface area (Å²) in [6.07, 6.45) is -0.577. The third-order valence-corrected chi connectivity index (χ3v) is 2.16. The second-order valence-corrected chi connectivity index (χ2v) is 4.23. The lowest BCUT2D eigenvalue weighted by atomic mass is 10.2. The zero-order valence-electron chi connectivity index (χ0n) is 10.8. The first kappa shape index (κ1) is 15.3. The molecule has 0 saturated heterocycles. The SMILES string of the molecule is CCOC(=O)CC(O)CN(C)CCN(C)C. The molecule has 5 heteroatoms. The Balaban J connectivity index is 3.68. The molecule has 0 aromatic carbocycles. The maximum Gasteiger partial charge on any atom is 0.308 e. The highest BCUT2D eigenvalue weighted by molar-refractivity contribution is 5.69. The first-order valence-corrected chi connectivity index (χ1v) is 5.62. The standard InChI is InChI=1S/C11H24N2O3/c1-5-16-11(15)8-10(14)9-13(4)7-6-12(2)3/h10,14H,5-9H2,1-4H3. The van der Waals surface area contributed by atoms with Gasteiger partial charge in [0, 0.05) is 19.6 Å². The fourth-order valence-corrected chi connectivity index (χ4v) is 1.30. The van der Waals surface area contributed by atoms with Crippen molar-refractivity contribution >= 4 is 5.97 Å². The molecule has 0 rings (SSSR count). The maximum absolute atomic E-state index is 11.1. The van der Waals surface area contributed by atoms with Gasteiger partial charge in [0.1, 0.15) is 0 Å². The quantitative estimate of drug-likeness (QED) is 0.587. The lowest BCUT2D eigenvalue weighted by Gasteiger charge is -2.21. The molecule has 0 saturated carbocycles. The molecule has 0 aromatic heterocycles. The van der Waals surface area contributed by atoms with Crippen LogP contribution in [0.1, 0.15) is 13.3 Å². The second kappa shape index (κ2) is 8.50. The summed E-state index contributed by atoms with van der Waals surface area (Å²) in [6, 6.07) is 0. The van der Waals surface area contributed by atoms with E-state index in [4.69, 9.17) is 4.74 Å². The van der Waals surface area contributed by atoms with E-state index in [-0.39, 0.29) is 12.4 Å². The first-order chi connectivity index (χ1) is 7.45. The van der Waals surface area contributed by atoms with E-state index in [2.05, 4.69) is 4.90 Å². The number of esters is 1. The lowest BCUT2D eigenvalue weighted by Crippen LogP contribution is -2.35. The summed E-state index contributed by atoms with van der Waals surface area (Å²) in [7, 11) is 5.93. The Bertz CT molecular complexity index is 198. The van der Waals surface area contributed by atoms with E-state index in [0.29, 0.717) is 13.2 Å². The van der Waals surface area contributed by atoms with Crippen molar-refractivity contribution in [3.8, 4) is 0 Å². The summed E-state index contributed by atoms with van der Waals surface area (Å²) in [6.45, 7) is 4.41. The van der Waals surface area contributed by atoms with Gasteiger partial charge in [-0.3, -0.25) is 4.79 Å². The molecule has 0 aromatic rings. The van der Waals surface area contributed by atoms with Gasteiger partial charge in [0.2, 0.25) is 0 Å². The van der Waals surface area contributed by atoms with Gasteiger partial charge in [0.25, 0.3) is 0 Å². The van der Waals surface area contributed by atoms with Gasteiger partial charge in [-0.2, -0.15) is 0 Å². The molecule has 16 heavy (non-hydrogen) atoms. The Morgan fingerprint density at radius 3 is 2.44 bits per heavy atom. The van der Waals surface area contributed by atoms with E-state index in [1.807, 2.05) is 26.0 Å². The number of rotatable bonds is 8. The van der Waals surface area contributed by atoms with Crippen LogP contribution in [0.2, 0.25) is 0 Å². The van der Waals surface area contributed by atoms with Crippen LogP contribution in [-0.4, -0.2) is 74.4 Å². The molecule has 5 nitrogen and oxygen atoms in total. The minimum atomic E-state index is -0.647. The van der Waals surface area contributed by atoms with E-state index in [1.165, 1.54) is 0 Å². The number of hydrogen-bond acceptors (Lipinski definition) is 5. The molecule has 1 atom stereocenters. The van der Waals surface area contributed by atoms with Crippen LogP contribution in [0.5, 0.6) is 0 Å². The summed E-state index contributed by atoms with van der Waals surface area (Å²) >= 11 is 0. The molecule has 0 amide bonds. The van der Waals surface area contributed by atoms with Gasteiger partial charge < -0.3 is 19.6 Å². The Kier molecular flexibility index (Phi) is 8.15. The van der Waals surface area contributed by atoms with Crippen molar-refractivity contribution in [3.63, 3.8) is 0 Å². The van der Waals surface area contributed by atoms with Crippen LogP contribution >= 0.6 is 0 Å². The molecule has 0 aliphatic heterocycles. The Morgan fingerprint density at radius 1 is 1.31 bits per heavy atom. The minimum Gasteiger partial charge on any atom is -0.466 e. The minimum absolute atomic E-state index is 0.0696. The number of nitrogens with zero attached hydrogens (tertiary/aromatic N) is 2. The summed E-state index contributed by atoms with van der Waals surface area (Å²) in [5, 5.41) is 9.63. The van der Waals surface area contributed by atoms with Gasteiger partial charge >= 0.3 is 5.97 Å². The smallest absolute Gasteiger partial charge is 0.308 e. The zero-order valence-corrected chi connectivity index (χ0v) is 10.8. The van der Waals surface area contributed by atoms with Gasteiger partial charge in [-0.1, -0.05) is 0 Å². The van der Waals surface area contributed by atoms with Gasteiger partial charge in [-0.25, -0.2) is 0 Å². The van der Waals surface area contributed by atoms with Crippen molar-refractivity contribution in [2.75, 3.05) is 47.4 Å². The molecule has 0 aliphatic carbocycles. The number of aliphatic hydroxyl groups is 1. The second-order valence-electron chi connectivity index (χ2n) is 4.23. The number of aliphatic hydroxyl groups excluding tert-OH is 1. The zero-order chi connectivity index (χ0) is 12.6. The molecule has 0 spiro atoms. The highest BCUT2D eigenvalue weighted by Crippen LogP contribution is 1.97. The van der Waals surface area contributed by atoms with Crippen LogP contribution in [0, 0.1) is 0 Å². The molecule has 1 unspecified atom stereocenters. The largest absolute Gasteiger partial charge is 0.466 e. The predicted octanol–water partition coefficient (Wildman–Crippen LogP) is -0.206. The van der Waals surface area contributed by atoms with Crippen molar-refractivity contribution < 1.29 is 14.6 Å². The van der Waals surface area contributed by atoms with Crippen molar-refractivity contribution in [1.82, 2.24) is 9.80 Å². The van der Waals surface area contributed by atoms with E-state index >= 15 is 0 Å². The summed E-state index contributed by atoms with van der Waals surface area (Å²) in [5.41, 5.74) is 0. The van der Waals surface area contributed by atoms with Crippen molar-refractivity contribution in [1.29, 1.82) is 0 Å². The van der Waals surface area contributed by atoms with Crippen molar-refractivity contribution in [3.05, 3.63) is 0 Å². The molecule has 0 bridgehead atoms. The molecule has 0 radical (unpaired) electrons.